The highest BCUT2D eigenvalue weighted by molar-refractivity contribution is 5.09. The van der Waals surface area contributed by atoms with Crippen molar-refractivity contribution >= 4 is 0 Å². The van der Waals surface area contributed by atoms with Crippen LogP contribution in [0.2, 0.25) is 0 Å². The Morgan fingerprint density at radius 1 is 1.17 bits per heavy atom. The van der Waals surface area contributed by atoms with Crippen LogP contribution in [0.5, 0.6) is 0 Å². The number of nitrogens with zero attached hydrogens (tertiary/aromatic N) is 2. The predicted octanol–water partition coefficient (Wildman–Crippen LogP) is 2.35. The molecule has 0 aromatic rings. The third kappa shape index (κ3) is 3.03. The quantitative estimate of drug-likeness (QED) is 0.788. The molecule has 5 atom stereocenters. The van der Waals surface area contributed by atoms with Crippen molar-refractivity contribution in [2.75, 3.05) is 33.4 Å². The summed E-state index contributed by atoms with van der Waals surface area (Å²) in [4.78, 5) is 4.94. The van der Waals surface area contributed by atoms with E-state index in [-0.39, 0.29) is 29.6 Å². The van der Waals surface area contributed by atoms with E-state index in [9.17, 15) is 0 Å². The van der Waals surface area contributed by atoms with E-state index in [0.717, 1.165) is 32.7 Å². The lowest BCUT2D eigenvalue weighted by molar-refractivity contribution is -0.171. The molecule has 24 heavy (non-hydrogen) atoms. The van der Waals surface area contributed by atoms with E-state index in [1.165, 1.54) is 0 Å². The lowest BCUT2D eigenvalue weighted by Gasteiger charge is -2.46. The van der Waals surface area contributed by atoms with Gasteiger partial charge in [-0.25, -0.2) is 0 Å². The second-order valence-electron chi connectivity index (χ2n) is 8.97. The monoisotopic (exact) mass is 340 g/mol. The minimum atomic E-state index is -0.143. The van der Waals surface area contributed by atoms with Gasteiger partial charge in [-0.05, 0) is 40.7 Å². The zero-order valence-electron chi connectivity index (χ0n) is 16.5. The molecule has 140 valence electrons. The minimum absolute atomic E-state index is 0.0497. The van der Waals surface area contributed by atoms with Gasteiger partial charge in [0.1, 0.15) is 6.23 Å². The van der Waals surface area contributed by atoms with Crippen LogP contribution in [0.4, 0.5) is 0 Å². The van der Waals surface area contributed by atoms with Crippen molar-refractivity contribution in [2.24, 2.45) is 5.92 Å². The third-order valence-electron chi connectivity index (χ3n) is 6.43. The average Bonchev–Trinajstić information content (AvgIpc) is 2.80. The summed E-state index contributed by atoms with van der Waals surface area (Å²) in [5.41, 5.74) is -0.193. The van der Waals surface area contributed by atoms with Crippen molar-refractivity contribution in [3.8, 4) is 0 Å². The molecule has 0 radical (unpaired) electrons. The van der Waals surface area contributed by atoms with Gasteiger partial charge in [0.25, 0.3) is 0 Å². The predicted molar refractivity (Wildman–Crippen MR) is 95.1 cm³/mol. The van der Waals surface area contributed by atoms with Crippen LogP contribution in [0, 0.1) is 5.92 Å². The Kier molecular flexibility index (Phi) is 5.04. The minimum Gasteiger partial charge on any atom is -0.379 e. The van der Waals surface area contributed by atoms with Crippen LogP contribution in [0.25, 0.3) is 0 Å². The van der Waals surface area contributed by atoms with Crippen molar-refractivity contribution in [2.45, 2.75) is 83.6 Å². The first-order valence-electron chi connectivity index (χ1n) is 9.55. The van der Waals surface area contributed by atoms with Gasteiger partial charge in [-0.2, -0.15) is 0 Å². The fraction of sp³-hybridized carbons (Fsp3) is 1.00. The summed E-state index contributed by atoms with van der Waals surface area (Å²) in [5, 5.41) is 0. The number of ether oxygens (including phenoxy) is 3. The van der Waals surface area contributed by atoms with E-state index in [0.29, 0.717) is 12.0 Å². The number of rotatable bonds is 3. The first-order valence-corrected chi connectivity index (χ1v) is 9.55. The molecule has 0 bridgehead atoms. The van der Waals surface area contributed by atoms with Gasteiger partial charge in [0, 0.05) is 19.5 Å². The molecule has 3 fully saturated rings. The molecular weight excluding hydrogens is 304 g/mol. The summed E-state index contributed by atoms with van der Waals surface area (Å²) < 4.78 is 18.7. The molecule has 3 rings (SSSR count). The molecule has 0 aromatic carbocycles. The van der Waals surface area contributed by atoms with Gasteiger partial charge in [0.15, 0.2) is 0 Å². The first-order chi connectivity index (χ1) is 11.2. The van der Waals surface area contributed by atoms with Crippen LogP contribution < -0.4 is 0 Å². The van der Waals surface area contributed by atoms with Gasteiger partial charge >= 0.3 is 0 Å². The zero-order valence-corrected chi connectivity index (χ0v) is 16.5. The lowest BCUT2D eigenvalue weighted by Crippen LogP contribution is -2.61. The Bertz CT molecular complexity index is 450. The molecule has 0 spiro atoms. The summed E-state index contributed by atoms with van der Waals surface area (Å²) in [6.07, 6.45) is 1.51. The molecule has 0 aliphatic carbocycles. The van der Waals surface area contributed by atoms with Gasteiger partial charge in [-0.1, -0.05) is 13.8 Å². The number of likely N-dealkylation sites (N-methyl/N-ethyl adjacent to an activating group) is 1. The maximum atomic E-state index is 6.80. The lowest BCUT2D eigenvalue weighted by atomic mass is 9.81. The van der Waals surface area contributed by atoms with Gasteiger partial charge in [-0.3, -0.25) is 9.80 Å². The molecule has 5 unspecified atom stereocenters. The van der Waals surface area contributed by atoms with Crippen molar-refractivity contribution in [1.82, 2.24) is 9.80 Å². The number of morpholine rings is 1. The van der Waals surface area contributed by atoms with Crippen molar-refractivity contribution in [1.29, 1.82) is 0 Å². The molecule has 0 N–H and O–H groups in total. The Labute approximate surface area is 147 Å². The van der Waals surface area contributed by atoms with E-state index >= 15 is 0 Å². The van der Waals surface area contributed by atoms with Crippen LogP contribution >= 0.6 is 0 Å². The van der Waals surface area contributed by atoms with E-state index in [1.54, 1.807) is 0 Å². The maximum Gasteiger partial charge on any atom is 0.129 e. The molecule has 0 amide bonds. The van der Waals surface area contributed by atoms with E-state index in [2.05, 4.69) is 58.4 Å². The number of hydrogen-bond acceptors (Lipinski definition) is 5. The number of hydrogen-bond donors (Lipinski definition) is 0. The van der Waals surface area contributed by atoms with Crippen LogP contribution in [0.3, 0.4) is 0 Å². The molecule has 3 aliphatic rings. The largest absolute Gasteiger partial charge is 0.379 e. The van der Waals surface area contributed by atoms with Crippen LogP contribution in [0.1, 0.15) is 48.0 Å². The van der Waals surface area contributed by atoms with Crippen LogP contribution in [-0.2, 0) is 14.2 Å². The Morgan fingerprint density at radius 2 is 1.79 bits per heavy atom. The number of fused-ring (bicyclic) bond motifs is 1. The van der Waals surface area contributed by atoms with Gasteiger partial charge < -0.3 is 14.2 Å². The fourth-order valence-electron chi connectivity index (χ4n) is 5.11. The zero-order chi connectivity index (χ0) is 17.7. The van der Waals surface area contributed by atoms with Gasteiger partial charge in [-0.15, -0.1) is 0 Å². The highest BCUT2D eigenvalue weighted by Gasteiger charge is 2.59. The summed E-state index contributed by atoms with van der Waals surface area (Å²) in [6, 6.07) is 0.304. The third-order valence-corrected chi connectivity index (χ3v) is 6.43. The molecule has 5 nitrogen and oxygen atoms in total. The Balaban J connectivity index is 1.82. The second kappa shape index (κ2) is 6.51. The molecule has 0 saturated carbocycles. The van der Waals surface area contributed by atoms with Crippen molar-refractivity contribution in [3.05, 3.63) is 0 Å². The highest BCUT2D eigenvalue weighted by atomic mass is 16.6. The fourth-order valence-corrected chi connectivity index (χ4v) is 5.11. The highest BCUT2D eigenvalue weighted by Crippen LogP contribution is 2.46. The standard InChI is InChI=1S/C19H36N2O3/c1-13(2)15-12-19(6)16(14(3)23-15)20(7)17(24-19)18(4,5)21-8-10-22-11-9-21/h13-17H,8-12H2,1-7H3. The van der Waals surface area contributed by atoms with Crippen LogP contribution in [-0.4, -0.2) is 78.8 Å². The summed E-state index contributed by atoms with van der Waals surface area (Å²) in [5.74, 6) is 0.519. The summed E-state index contributed by atoms with van der Waals surface area (Å²) in [7, 11) is 2.21. The molecule has 3 aliphatic heterocycles. The van der Waals surface area contributed by atoms with E-state index in [1.807, 2.05) is 0 Å². The normalized spacial score (nSPS) is 42.5. The molecule has 0 aromatic heterocycles. The molecule has 3 heterocycles. The molecule has 3 saturated heterocycles. The summed E-state index contributed by atoms with van der Waals surface area (Å²) in [6.45, 7) is 17.2. The topological polar surface area (TPSA) is 34.2 Å². The second-order valence-corrected chi connectivity index (χ2v) is 8.97. The van der Waals surface area contributed by atoms with Gasteiger partial charge in [0.2, 0.25) is 0 Å². The Morgan fingerprint density at radius 3 is 2.38 bits per heavy atom. The maximum absolute atomic E-state index is 6.80. The molecule has 5 heteroatoms. The Hall–Kier alpha value is -0.200. The van der Waals surface area contributed by atoms with Crippen LogP contribution in [0.15, 0.2) is 0 Å². The SMILES string of the molecule is CC(C)C1CC2(C)OC(C(C)(C)N3CCOCC3)N(C)C2C(C)O1. The van der Waals surface area contributed by atoms with E-state index in [4.69, 9.17) is 14.2 Å². The first kappa shape index (κ1) is 18.6. The average molecular weight is 341 g/mol. The molecular formula is C19H36N2O3. The smallest absolute Gasteiger partial charge is 0.129 e. The van der Waals surface area contributed by atoms with Crippen molar-refractivity contribution < 1.29 is 14.2 Å². The summed E-state index contributed by atoms with van der Waals surface area (Å²) >= 11 is 0. The van der Waals surface area contributed by atoms with E-state index < -0.39 is 0 Å². The van der Waals surface area contributed by atoms with Crippen molar-refractivity contribution in [3.63, 3.8) is 0 Å². The van der Waals surface area contributed by atoms with Gasteiger partial charge in [0.05, 0.1) is 42.6 Å².